The lowest BCUT2D eigenvalue weighted by atomic mass is 10.1. The van der Waals surface area contributed by atoms with Crippen LogP contribution in [0, 0.1) is 0 Å². The number of carbonyl (C=O) groups excluding carboxylic acids is 1. The first-order valence-electron chi connectivity index (χ1n) is 6.23. The number of aromatic nitrogens is 1. The Morgan fingerprint density at radius 3 is 3.11 bits per heavy atom. The summed E-state index contributed by atoms with van der Waals surface area (Å²) in [5, 5.41) is 0. The highest BCUT2D eigenvalue weighted by atomic mass is 16.5. The van der Waals surface area contributed by atoms with Gasteiger partial charge in [0.15, 0.2) is 0 Å². The molecule has 0 aliphatic carbocycles. The second-order valence-corrected chi connectivity index (χ2v) is 4.53. The third-order valence-electron chi connectivity index (χ3n) is 3.27. The Balaban J connectivity index is 1.96. The third kappa shape index (κ3) is 3.05. The van der Waals surface area contributed by atoms with Crippen LogP contribution < -0.4 is 5.73 Å². The van der Waals surface area contributed by atoms with E-state index in [9.17, 15) is 4.79 Å². The van der Waals surface area contributed by atoms with Crippen LogP contribution in [0.5, 0.6) is 0 Å². The van der Waals surface area contributed by atoms with Gasteiger partial charge in [-0.2, -0.15) is 0 Å². The number of morpholine rings is 1. The fourth-order valence-electron chi connectivity index (χ4n) is 2.35. The van der Waals surface area contributed by atoms with Crippen LogP contribution in [0.15, 0.2) is 24.4 Å². The molecule has 1 saturated heterocycles. The second kappa shape index (κ2) is 5.93. The van der Waals surface area contributed by atoms with Gasteiger partial charge in [-0.3, -0.25) is 14.7 Å². The number of hydrogen-bond acceptors (Lipinski definition) is 4. The molecule has 2 rings (SSSR count). The maximum Gasteiger partial charge on any atom is 0.237 e. The maximum atomic E-state index is 11.5. The molecule has 1 aliphatic heterocycles. The van der Waals surface area contributed by atoms with Gasteiger partial charge in [0.1, 0.15) is 6.04 Å². The van der Waals surface area contributed by atoms with Crippen molar-refractivity contribution in [1.82, 2.24) is 9.88 Å². The smallest absolute Gasteiger partial charge is 0.237 e. The van der Waals surface area contributed by atoms with Crippen molar-refractivity contribution >= 4 is 5.91 Å². The molecule has 1 fully saturated rings. The summed E-state index contributed by atoms with van der Waals surface area (Å²) in [6.45, 7) is 4.05. The van der Waals surface area contributed by atoms with E-state index in [1.807, 2.05) is 25.1 Å². The number of rotatable bonds is 4. The van der Waals surface area contributed by atoms with Crippen molar-refractivity contribution in [2.45, 2.75) is 25.5 Å². The molecule has 0 unspecified atom stereocenters. The van der Waals surface area contributed by atoms with Crippen LogP contribution in [-0.2, 0) is 16.0 Å². The van der Waals surface area contributed by atoms with Crippen molar-refractivity contribution in [3.63, 3.8) is 0 Å². The zero-order valence-corrected chi connectivity index (χ0v) is 10.6. The SMILES string of the molecule is C[C@H]1OCCN(CCc2ccccn2)[C@@H]1C(N)=O. The van der Waals surface area contributed by atoms with Crippen molar-refractivity contribution in [1.29, 1.82) is 0 Å². The van der Waals surface area contributed by atoms with Crippen LogP contribution >= 0.6 is 0 Å². The number of amides is 1. The third-order valence-corrected chi connectivity index (χ3v) is 3.27. The van der Waals surface area contributed by atoms with E-state index in [2.05, 4.69) is 9.88 Å². The number of carbonyl (C=O) groups is 1. The van der Waals surface area contributed by atoms with Crippen molar-refractivity contribution in [2.75, 3.05) is 19.7 Å². The number of pyridine rings is 1. The molecular weight excluding hydrogens is 230 g/mol. The van der Waals surface area contributed by atoms with E-state index in [4.69, 9.17) is 10.5 Å². The molecule has 98 valence electrons. The van der Waals surface area contributed by atoms with E-state index in [1.54, 1.807) is 6.20 Å². The van der Waals surface area contributed by atoms with E-state index in [0.717, 1.165) is 25.2 Å². The average Bonchev–Trinajstić information content (AvgIpc) is 2.37. The lowest BCUT2D eigenvalue weighted by molar-refractivity contribution is -0.135. The molecule has 5 heteroatoms. The minimum absolute atomic E-state index is 0.139. The summed E-state index contributed by atoms with van der Waals surface area (Å²) in [6, 6.07) is 5.52. The molecular formula is C13H19N3O2. The lowest BCUT2D eigenvalue weighted by Gasteiger charge is -2.37. The topological polar surface area (TPSA) is 68.4 Å². The first-order valence-corrected chi connectivity index (χ1v) is 6.23. The fourth-order valence-corrected chi connectivity index (χ4v) is 2.35. The van der Waals surface area contributed by atoms with Gasteiger partial charge in [0, 0.05) is 31.4 Å². The molecule has 0 saturated carbocycles. The van der Waals surface area contributed by atoms with E-state index in [1.165, 1.54) is 0 Å². The van der Waals surface area contributed by atoms with Crippen LogP contribution in [0.3, 0.4) is 0 Å². The lowest BCUT2D eigenvalue weighted by Crippen LogP contribution is -2.56. The molecule has 18 heavy (non-hydrogen) atoms. The van der Waals surface area contributed by atoms with Gasteiger partial charge in [-0.1, -0.05) is 6.07 Å². The molecule has 0 bridgehead atoms. The molecule has 1 aromatic heterocycles. The summed E-state index contributed by atoms with van der Waals surface area (Å²) in [5.41, 5.74) is 6.47. The molecule has 0 spiro atoms. The number of hydrogen-bond donors (Lipinski definition) is 1. The van der Waals surface area contributed by atoms with Crippen LogP contribution in [0.25, 0.3) is 0 Å². The molecule has 2 heterocycles. The fraction of sp³-hybridized carbons (Fsp3) is 0.538. The summed E-state index contributed by atoms with van der Waals surface area (Å²) in [5.74, 6) is -0.316. The number of nitrogens with two attached hydrogens (primary N) is 1. The van der Waals surface area contributed by atoms with E-state index < -0.39 is 0 Å². The highest BCUT2D eigenvalue weighted by Crippen LogP contribution is 2.14. The monoisotopic (exact) mass is 249 g/mol. The molecule has 0 aromatic carbocycles. The molecule has 0 radical (unpaired) electrons. The van der Waals surface area contributed by atoms with E-state index >= 15 is 0 Å². The highest BCUT2D eigenvalue weighted by Gasteiger charge is 2.33. The standard InChI is InChI=1S/C13H19N3O2/c1-10-12(13(14)17)16(8-9-18-10)7-5-11-4-2-3-6-15-11/h2-4,6,10,12H,5,7-9H2,1H3,(H2,14,17)/t10-,12+/m1/s1. The molecule has 5 nitrogen and oxygen atoms in total. The second-order valence-electron chi connectivity index (χ2n) is 4.53. The van der Waals surface area contributed by atoms with Gasteiger partial charge < -0.3 is 10.5 Å². The molecule has 2 N–H and O–H groups in total. The Morgan fingerprint density at radius 1 is 1.61 bits per heavy atom. The van der Waals surface area contributed by atoms with Crippen molar-refractivity contribution in [2.24, 2.45) is 5.73 Å². The first kappa shape index (κ1) is 13.0. The van der Waals surface area contributed by atoms with Gasteiger partial charge in [0.25, 0.3) is 0 Å². The van der Waals surface area contributed by atoms with Gasteiger partial charge in [0.2, 0.25) is 5.91 Å². The molecule has 2 atom stereocenters. The largest absolute Gasteiger partial charge is 0.375 e. The predicted octanol–water partition coefficient (Wildman–Crippen LogP) is 0.199. The van der Waals surface area contributed by atoms with E-state index in [0.29, 0.717) is 6.61 Å². The maximum absolute atomic E-state index is 11.5. The van der Waals surface area contributed by atoms with Gasteiger partial charge >= 0.3 is 0 Å². The highest BCUT2D eigenvalue weighted by molar-refractivity contribution is 5.80. The summed E-state index contributed by atoms with van der Waals surface area (Å²) < 4.78 is 5.48. The van der Waals surface area contributed by atoms with Crippen LogP contribution in [0.1, 0.15) is 12.6 Å². The Morgan fingerprint density at radius 2 is 2.44 bits per heavy atom. The number of primary amides is 1. The number of nitrogens with zero attached hydrogens (tertiary/aromatic N) is 2. The summed E-state index contributed by atoms with van der Waals surface area (Å²) in [7, 11) is 0. The summed E-state index contributed by atoms with van der Waals surface area (Å²) in [4.78, 5) is 17.8. The molecule has 1 aliphatic rings. The van der Waals surface area contributed by atoms with Gasteiger partial charge in [-0.15, -0.1) is 0 Å². The average molecular weight is 249 g/mol. The van der Waals surface area contributed by atoms with E-state index in [-0.39, 0.29) is 18.1 Å². The quantitative estimate of drug-likeness (QED) is 0.827. The van der Waals surface area contributed by atoms with Crippen LogP contribution in [0.2, 0.25) is 0 Å². The van der Waals surface area contributed by atoms with Crippen LogP contribution in [0.4, 0.5) is 0 Å². The zero-order chi connectivity index (χ0) is 13.0. The Hall–Kier alpha value is -1.46. The minimum Gasteiger partial charge on any atom is -0.375 e. The first-order chi connectivity index (χ1) is 8.68. The molecule has 1 amide bonds. The molecule has 1 aromatic rings. The Kier molecular flexibility index (Phi) is 4.28. The number of ether oxygens (including phenoxy) is 1. The van der Waals surface area contributed by atoms with Gasteiger partial charge in [0.05, 0.1) is 12.7 Å². The van der Waals surface area contributed by atoms with Crippen molar-refractivity contribution in [3.8, 4) is 0 Å². The summed E-state index contributed by atoms with van der Waals surface area (Å²) in [6.07, 6.45) is 2.46. The van der Waals surface area contributed by atoms with Gasteiger partial charge in [-0.05, 0) is 19.1 Å². The van der Waals surface area contributed by atoms with Crippen molar-refractivity contribution in [3.05, 3.63) is 30.1 Å². The summed E-state index contributed by atoms with van der Waals surface area (Å²) >= 11 is 0. The predicted molar refractivity (Wildman–Crippen MR) is 67.9 cm³/mol. The Labute approximate surface area is 107 Å². The van der Waals surface area contributed by atoms with Gasteiger partial charge in [-0.25, -0.2) is 0 Å². The van der Waals surface area contributed by atoms with Crippen LogP contribution in [-0.4, -0.2) is 47.6 Å². The normalized spacial score (nSPS) is 24.9. The zero-order valence-electron chi connectivity index (χ0n) is 10.6. The van der Waals surface area contributed by atoms with Crippen molar-refractivity contribution < 1.29 is 9.53 Å². The Bertz CT molecular complexity index is 396. The minimum atomic E-state index is -0.331.